The Balaban J connectivity index is 1.76. The smallest absolute Gasteiger partial charge is 0.252 e. The van der Waals surface area contributed by atoms with E-state index in [1.165, 1.54) is 11.3 Å². The molecule has 0 radical (unpaired) electrons. The highest BCUT2D eigenvalue weighted by Gasteiger charge is 2.25. The first kappa shape index (κ1) is 20.8. The fourth-order valence-electron chi connectivity index (χ4n) is 3.52. The number of amides is 1. The van der Waals surface area contributed by atoms with Gasteiger partial charge in [-0.2, -0.15) is 0 Å². The lowest BCUT2D eigenvalue weighted by Crippen LogP contribution is -2.48. The van der Waals surface area contributed by atoms with Gasteiger partial charge in [-0.1, -0.05) is 24.3 Å². The van der Waals surface area contributed by atoms with Crippen molar-refractivity contribution in [2.75, 3.05) is 58.8 Å². The molecule has 1 fully saturated rings. The quantitative estimate of drug-likeness (QED) is 0.741. The van der Waals surface area contributed by atoms with Crippen LogP contribution in [0.1, 0.15) is 22.0 Å². The SMILES string of the molecule is CN1CCN(C(CNC(=O)c2ccccc2Br)c2ccc(N(C)C)cc2)CC1. The van der Waals surface area contributed by atoms with Gasteiger partial charge in [-0.15, -0.1) is 0 Å². The van der Waals surface area contributed by atoms with Crippen molar-refractivity contribution in [1.82, 2.24) is 15.1 Å². The van der Waals surface area contributed by atoms with Crippen LogP contribution in [0.5, 0.6) is 0 Å². The van der Waals surface area contributed by atoms with Crippen molar-refractivity contribution in [3.05, 3.63) is 64.1 Å². The van der Waals surface area contributed by atoms with E-state index in [9.17, 15) is 4.79 Å². The molecular weight excluding hydrogens is 416 g/mol. The molecule has 1 aliphatic heterocycles. The van der Waals surface area contributed by atoms with Crippen LogP contribution in [0.25, 0.3) is 0 Å². The molecule has 2 aromatic rings. The van der Waals surface area contributed by atoms with Crippen LogP contribution >= 0.6 is 15.9 Å². The van der Waals surface area contributed by atoms with E-state index in [1.807, 2.05) is 38.4 Å². The number of hydrogen-bond donors (Lipinski definition) is 1. The summed E-state index contributed by atoms with van der Waals surface area (Å²) in [6.07, 6.45) is 0. The van der Waals surface area contributed by atoms with Crippen LogP contribution < -0.4 is 10.2 Å². The molecule has 0 spiro atoms. The average Bonchev–Trinajstić information content (AvgIpc) is 2.70. The van der Waals surface area contributed by atoms with E-state index < -0.39 is 0 Å². The zero-order chi connectivity index (χ0) is 20.1. The van der Waals surface area contributed by atoms with Gasteiger partial charge in [-0.3, -0.25) is 9.69 Å². The lowest BCUT2D eigenvalue weighted by atomic mass is 10.0. The molecule has 0 saturated carbocycles. The molecule has 1 saturated heterocycles. The van der Waals surface area contributed by atoms with Gasteiger partial charge in [-0.25, -0.2) is 0 Å². The molecule has 3 rings (SSSR count). The summed E-state index contributed by atoms with van der Waals surface area (Å²) in [5.74, 6) is -0.0449. The number of hydrogen-bond acceptors (Lipinski definition) is 4. The molecule has 1 unspecified atom stereocenters. The molecule has 0 aliphatic carbocycles. The van der Waals surface area contributed by atoms with E-state index in [1.54, 1.807) is 0 Å². The fourth-order valence-corrected chi connectivity index (χ4v) is 3.98. The third-order valence-corrected chi connectivity index (χ3v) is 6.04. The number of piperazine rings is 1. The predicted molar refractivity (Wildman–Crippen MR) is 119 cm³/mol. The Morgan fingerprint density at radius 2 is 1.71 bits per heavy atom. The van der Waals surface area contributed by atoms with E-state index in [0.29, 0.717) is 12.1 Å². The number of nitrogens with zero attached hydrogens (tertiary/aromatic N) is 3. The molecule has 2 aromatic carbocycles. The van der Waals surface area contributed by atoms with Crippen molar-refractivity contribution in [1.29, 1.82) is 0 Å². The standard InChI is InChI=1S/C22H29BrN4O/c1-25(2)18-10-8-17(9-11-18)21(27-14-12-26(3)13-15-27)16-24-22(28)19-6-4-5-7-20(19)23/h4-11,21H,12-16H2,1-3H3,(H,24,28). The molecule has 6 heteroatoms. The number of nitrogens with one attached hydrogen (secondary N) is 1. The van der Waals surface area contributed by atoms with Gasteiger partial charge in [0.05, 0.1) is 11.6 Å². The van der Waals surface area contributed by atoms with Gasteiger partial charge in [0.15, 0.2) is 0 Å². The Bertz CT molecular complexity index is 785. The average molecular weight is 445 g/mol. The van der Waals surface area contributed by atoms with Crippen LogP contribution in [-0.2, 0) is 0 Å². The Labute approximate surface area is 176 Å². The second-order valence-electron chi connectivity index (χ2n) is 7.53. The largest absolute Gasteiger partial charge is 0.378 e. The van der Waals surface area contributed by atoms with E-state index in [-0.39, 0.29) is 11.9 Å². The lowest BCUT2D eigenvalue weighted by Gasteiger charge is -2.38. The number of benzene rings is 2. The summed E-state index contributed by atoms with van der Waals surface area (Å²) in [5, 5.41) is 3.15. The number of halogens is 1. The zero-order valence-electron chi connectivity index (χ0n) is 16.9. The highest BCUT2D eigenvalue weighted by molar-refractivity contribution is 9.10. The summed E-state index contributed by atoms with van der Waals surface area (Å²) in [7, 11) is 6.25. The van der Waals surface area contributed by atoms with E-state index in [4.69, 9.17) is 0 Å². The Kier molecular flexibility index (Phi) is 7.10. The summed E-state index contributed by atoms with van der Waals surface area (Å²) in [4.78, 5) is 19.6. The summed E-state index contributed by atoms with van der Waals surface area (Å²) in [6.45, 7) is 4.68. The number of carbonyl (C=O) groups is 1. The summed E-state index contributed by atoms with van der Waals surface area (Å²) < 4.78 is 0.819. The molecule has 5 nitrogen and oxygen atoms in total. The highest BCUT2D eigenvalue weighted by Crippen LogP contribution is 2.24. The Morgan fingerprint density at radius 3 is 2.32 bits per heavy atom. The van der Waals surface area contributed by atoms with Crippen LogP contribution in [0.3, 0.4) is 0 Å². The molecule has 1 atom stereocenters. The third-order valence-electron chi connectivity index (χ3n) is 5.35. The predicted octanol–water partition coefficient (Wildman–Crippen LogP) is 3.23. The van der Waals surface area contributed by atoms with Gasteiger partial charge in [0, 0.05) is 57.0 Å². The maximum Gasteiger partial charge on any atom is 0.252 e. The van der Waals surface area contributed by atoms with Crippen LogP contribution in [0.15, 0.2) is 53.0 Å². The first-order valence-corrected chi connectivity index (χ1v) is 10.5. The van der Waals surface area contributed by atoms with Crippen molar-refractivity contribution >= 4 is 27.5 Å². The summed E-state index contributed by atoms with van der Waals surface area (Å²) in [6, 6.07) is 16.4. The van der Waals surface area contributed by atoms with Gasteiger partial charge >= 0.3 is 0 Å². The van der Waals surface area contributed by atoms with Crippen molar-refractivity contribution in [2.24, 2.45) is 0 Å². The molecule has 1 aliphatic rings. The molecule has 0 aromatic heterocycles. The van der Waals surface area contributed by atoms with Crippen LogP contribution in [0, 0.1) is 0 Å². The molecule has 28 heavy (non-hydrogen) atoms. The minimum atomic E-state index is -0.0449. The van der Waals surface area contributed by atoms with Crippen molar-refractivity contribution in [3.63, 3.8) is 0 Å². The molecule has 150 valence electrons. The first-order valence-electron chi connectivity index (χ1n) is 9.68. The highest BCUT2D eigenvalue weighted by atomic mass is 79.9. The maximum absolute atomic E-state index is 12.7. The first-order chi connectivity index (χ1) is 13.5. The number of likely N-dealkylation sites (N-methyl/N-ethyl adjacent to an activating group) is 1. The molecule has 1 N–H and O–H groups in total. The van der Waals surface area contributed by atoms with Crippen LogP contribution in [-0.4, -0.2) is 69.6 Å². The number of rotatable bonds is 6. The summed E-state index contributed by atoms with van der Waals surface area (Å²) >= 11 is 3.47. The van der Waals surface area contributed by atoms with Gasteiger partial charge in [0.2, 0.25) is 0 Å². The topological polar surface area (TPSA) is 38.8 Å². The van der Waals surface area contributed by atoms with E-state index in [0.717, 1.165) is 30.7 Å². The minimum Gasteiger partial charge on any atom is -0.378 e. The molecular formula is C22H29BrN4O. The van der Waals surface area contributed by atoms with E-state index in [2.05, 4.69) is 67.3 Å². The van der Waals surface area contributed by atoms with Gasteiger partial charge in [0.1, 0.15) is 0 Å². The number of anilines is 1. The fraction of sp³-hybridized carbons (Fsp3) is 0.409. The lowest BCUT2D eigenvalue weighted by molar-refractivity contribution is 0.0885. The second-order valence-corrected chi connectivity index (χ2v) is 8.39. The number of carbonyl (C=O) groups excluding carboxylic acids is 1. The van der Waals surface area contributed by atoms with Crippen LogP contribution in [0.4, 0.5) is 5.69 Å². The summed E-state index contributed by atoms with van der Waals surface area (Å²) in [5.41, 5.74) is 3.09. The van der Waals surface area contributed by atoms with Gasteiger partial charge in [0.25, 0.3) is 5.91 Å². The molecule has 1 heterocycles. The third kappa shape index (κ3) is 5.13. The van der Waals surface area contributed by atoms with Gasteiger partial charge in [-0.05, 0) is 52.8 Å². The molecule has 0 bridgehead atoms. The molecule has 1 amide bonds. The normalized spacial score (nSPS) is 16.6. The van der Waals surface area contributed by atoms with Crippen molar-refractivity contribution in [2.45, 2.75) is 6.04 Å². The minimum absolute atomic E-state index is 0.0449. The Morgan fingerprint density at radius 1 is 1.07 bits per heavy atom. The van der Waals surface area contributed by atoms with Gasteiger partial charge < -0.3 is 15.1 Å². The zero-order valence-corrected chi connectivity index (χ0v) is 18.4. The van der Waals surface area contributed by atoms with Crippen molar-refractivity contribution < 1.29 is 4.79 Å². The second kappa shape index (κ2) is 9.54. The Hall–Kier alpha value is -1.89. The van der Waals surface area contributed by atoms with E-state index >= 15 is 0 Å². The monoisotopic (exact) mass is 444 g/mol. The van der Waals surface area contributed by atoms with Crippen LogP contribution in [0.2, 0.25) is 0 Å². The van der Waals surface area contributed by atoms with Crippen molar-refractivity contribution in [3.8, 4) is 0 Å². The maximum atomic E-state index is 12.7.